The Hall–Kier alpha value is -1.28. The van der Waals surface area contributed by atoms with Crippen LogP contribution in [0.4, 0.5) is 0 Å². The molecule has 0 fully saturated rings. The molecule has 0 atom stereocenters. The van der Waals surface area contributed by atoms with E-state index in [1.807, 2.05) is 26.0 Å². The van der Waals surface area contributed by atoms with Crippen molar-refractivity contribution in [2.75, 3.05) is 0 Å². The van der Waals surface area contributed by atoms with E-state index in [0.717, 1.165) is 22.8 Å². The lowest BCUT2D eigenvalue weighted by Gasteiger charge is -2.00. The summed E-state index contributed by atoms with van der Waals surface area (Å²) in [5.74, 6) is 0. The molecule has 2 aromatic rings. The number of nitrogens with one attached hydrogen (secondary N) is 1. The Morgan fingerprint density at radius 3 is 2.71 bits per heavy atom. The van der Waals surface area contributed by atoms with E-state index in [0.29, 0.717) is 10.7 Å². The summed E-state index contributed by atoms with van der Waals surface area (Å²) in [5.41, 5.74) is 3.73. The van der Waals surface area contributed by atoms with E-state index < -0.39 is 0 Å². The van der Waals surface area contributed by atoms with Gasteiger partial charge in [-0.15, -0.1) is 0 Å². The normalized spacial score (nSPS) is 10.8. The Balaban J connectivity index is 2.91. The average molecular weight is 208 g/mol. The molecule has 0 spiro atoms. The van der Waals surface area contributed by atoms with E-state index >= 15 is 0 Å². The molecule has 0 aliphatic carbocycles. The molecular formula is C11H10ClNO. The summed E-state index contributed by atoms with van der Waals surface area (Å²) >= 11 is 6.02. The molecule has 0 unspecified atom stereocenters. The van der Waals surface area contributed by atoms with Crippen LogP contribution in [-0.2, 0) is 0 Å². The van der Waals surface area contributed by atoms with Crippen LogP contribution in [0.15, 0.2) is 12.1 Å². The van der Waals surface area contributed by atoms with Crippen molar-refractivity contribution in [3.05, 3.63) is 34.0 Å². The van der Waals surface area contributed by atoms with Crippen LogP contribution in [0.25, 0.3) is 10.9 Å². The molecule has 1 aromatic heterocycles. The van der Waals surface area contributed by atoms with Crippen molar-refractivity contribution in [3.63, 3.8) is 0 Å². The molecule has 3 heteroatoms. The highest BCUT2D eigenvalue weighted by Crippen LogP contribution is 2.29. The van der Waals surface area contributed by atoms with E-state index in [4.69, 9.17) is 11.6 Å². The van der Waals surface area contributed by atoms with E-state index in [2.05, 4.69) is 4.98 Å². The number of aldehydes is 1. The zero-order valence-corrected chi connectivity index (χ0v) is 8.77. The fourth-order valence-corrected chi connectivity index (χ4v) is 1.82. The Bertz CT molecular complexity index is 513. The molecule has 2 rings (SSSR count). The minimum Gasteiger partial charge on any atom is -0.351 e. The van der Waals surface area contributed by atoms with Gasteiger partial charge in [-0.25, -0.2) is 0 Å². The first kappa shape index (κ1) is 9.28. The summed E-state index contributed by atoms with van der Waals surface area (Å²) in [6.07, 6.45) is 0.747. The molecule has 0 radical (unpaired) electrons. The number of hydrogen-bond donors (Lipinski definition) is 1. The first-order valence-electron chi connectivity index (χ1n) is 4.37. The van der Waals surface area contributed by atoms with Gasteiger partial charge in [0.25, 0.3) is 0 Å². The number of carbonyl (C=O) groups is 1. The highest BCUT2D eigenvalue weighted by atomic mass is 35.5. The third-order valence-corrected chi connectivity index (χ3v) is 2.99. The summed E-state index contributed by atoms with van der Waals surface area (Å²) in [7, 11) is 0. The van der Waals surface area contributed by atoms with Crippen LogP contribution in [0.1, 0.15) is 21.6 Å². The fraction of sp³-hybridized carbons (Fsp3) is 0.182. The van der Waals surface area contributed by atoms with Crippen molar-refractivity contribution < 1.29 is 4.79 Å². The van der Waals surface area contributed by atoms with Gasteiger partial charge in [-0.3, -0.25) is 4.79 Å². The second kappa shape index (κ2) is 3.14. The molecule has 0 aliphatic rings. The number of carbonyl (C=O) groups excluding carboxylic acids is 1. The van der Waals surface area contributed by atoms with Gasteiger partial charge in [-0.1, -0.05) is 23.7 Å². The first-order valence-corrected chi connectivity index (χ1v) is 4.75. The van der Waals surface area contributed by atoms with Gasteiger partial charge < -0.3 is 4.98 Å². The Morgan fingerprint density at radius 1 is 1.36 bits per heavy atom. The number of H-pyrrole nitrogens is 1. The van der Waals surface area contributed by atoms with Crippen molar-refractivity contribution in [2.45, 2.75) is 13.8 Å². The van der Waals surface area contributed by atoms with Crippen molar-refractivity contribution in [1.82, 2.24) is 4.98 Å². The van der Waals surface area contributed by atoms with Crippen LogP contribution >= 0.6 is 11.6 Å². The Morgan fingerprint density at radius 2 is 2.07 bits per heavy atom. The second-order valence-corrected chi connectivity index (χ2v) is 3.78. The van der Waals surface area contributed by atoms with Gasteiger partial charge in [-0.2, -0.15) is 0 Å². The first-order chi connectivity index (χ1) is 6.65. The fourth-order valence-electron chi connectivity index (χ4n) is 1.58. The van der Waals surface area contributed by atoms with Gasteiger partial charge in [0, 0.05) is 5.39 Å². The predicted octanol–water partition coefficient (Wildman–Crippen LogP) is 3.25. The predicted molar refractivity (Wildman–Crippen MR) is 58.2 cm³/mol. The van der Waals surface area contributed by atoms with Gasteiger partial charge >= 0.3 is 0 Å². The lowest BCUT2D eigenvalue weighted by atomic mass is 10.1. The third kappa shape index (κ3) is 1.15. The molecular weight excluding hydrogens is 198 g/mol. The van der Waals surface area contributed by atoms with Crippen LogP contribution < -0.4 is 0 Å². The molecule has 1 heterocycles. The number of aryl methyl sites for hydroxylation is 2. The smallest absolute Gasteiger partial charge is 0.167 e. The summed E-state index contributed by atoms with van der Waals surface area (Å²) in [6.45, 7) is 4.04. The number of fused-ring (bicyclic) bond motifs is 1. The maximum Gasteiger partial charge on any atom is 0.167 e. The van der Waals surface area contributed by atoms with Crippen molar-refractivity contribution in [3.8, 4) is 0 Å². The van der Waals surface area contributed by atoms with Crippen molar-refractivity contribution >= 4 is 28.8 Å². The summed E-state index contributed by atoms with van der Waals surface area (Å²) in [4.78, 5) is 13.7. The molecule has 14 heavy (non-hydrogen) atoms. The number of hydrogen-bond acceptors (Lipinski definition) is 1. The van der Waals surface area contributed by atoms with Gasteiger partial charge in [0.05, 0.1) is 16.2 Å². The average Bonchev–Trinajstić information content (AvgIpc) is 2.50. The zero-order valence-electron chi connectivity index (χ0n) is 8.02. The quantitative estimate of drug-likeness (QED) is 0.716. The van der Waals surface area contributed by atoms with E-state index in [9.17, 15) is 4.79 Å². The molecule has 2 nitrogen and oxygen atoms in total. The summed E-state index contributed by atoms with van der Waals surface area (Å²) in [6, 6.07) is 3.94. The Labute approximate surface area is 86.9 Å². The molecule has 1 aromatic carbocycles. The molecule has 0 saturated carbocycles. The monoisotopic (exact) mass is 207 g/mol. The van der Waals surface area contributed by atoms with E-state index in [1.165, 1.54) is 5.56 Å². The topological polar surface area (TPSA) is 32.9 Å². The van der Waals surface area contributed by atoms with E-state index in [1.54, 1.807) is 0 Å². The van der Waals surface area contributed by atoms with Gasteiger partial charge in [-0.05, 0) is 25.0 Å². The van der Waals surface area contributed by atoms with Crippen LogP contribution in [0.5, 0.6) is 0 Å². The molecule has 1 N–H and O–H groups in total. The minimum atomic E-state index is 0.454. The molecule has 72 valence electrons. The zero-order chi connectivity index (χ0) is 10.3. The lowest BCUT2D eigenvalue weighted by molar-refractivity contribution is 0.112. The molecule has 0 amide bonds. The third-order valence-electron chi connectivity index (χ3n) is 2.59. The number of aromatic nitrogens is 1. The second-order valence-electron chi connectivity index (χ2n) is 3.40. The largest absolute Gasteiger partial charge is 0.351 e. The highest BCUT2D eigenvalue weighted by Gasteiger charge is 2.10. The lowest BCUT2D eigenvalue weighted by Crippen LogP contribution is -1.82. The maximum atomic E-state index is 10.7. The molecule has 0 aliphatic heterocycles. The van der Waals surface area contributed by atoms with Crippen molar-refractivity contribution in [2.24, 2.45) is 0 Å². The van der Waals surface area contributed by atoms with Crippen LogP contribution in [0, 0.1) is 13.8 Å². The number of benzene rings is 1. The Kier molecular flexibility index (Phi) is 2.08. The number of rotatable bonds is 1. The molecule has 0 saturated heterocycles. The van der Waals surface area contributed by atoms with E-state index in [-0.39, 0.29) is 0 Å². The van der Waals surface area contributed by atoms with Gasteiger partial charge in [0.1, 0.15) is 0 Å². The van der Waals surface area contributed by atoms with Crippen LogP contribution in [0.3, 0.4) is 0 Å². The summed E-state index contributed by atoms with van der Waals surface area (Å²) < 4.78 is 0. The maximum absolute atomic E-state index is 10.7. The van der Waals surface area contributed by atoms with Crippen LogP contribution in [-0.4, -0.2) is 11.3 Å². The highest BCUT2D eigenvalue weighted by molar-refractivity contribution is 6.38. The standard InChI is InChI=1S/C11H10ClNO/c1-6-3-4-8-10(12)9(5-14)13-11(8)7(6)2/h3-5,13H,1-2H3. The molecule has 0 bridgehead atoms. The van der Waals surface area contributed by atoms with Crippen LogP contribution in [0.2, 0.25) is 5.02 Å². The SMILES string of the molecule is Cc1ccc2c(Cl)c(C=O)[nH]c2c1C. The van der Waals surface area contributed by atoms with Crippen molar-refractivity contribution in [1.29, 1.82) is 0 Å². The number of aromatic amines is 1. The minimum absolute atomic E-state index is 0.454. The van der Waals surface area contributed by atoms with Gasteiger partial charge in [0.15, 0.2) is 6.29 Å². The summed E-state index contributed by atoms with van der Waals surface area (Å²) in [5, 5.41) is 1.43. The number of halogens is 1. The van der Waals surface area contributed by atoms with Gasteiger partial charge in [0.2, 0.25) is 0 Å².